The number of hydrogen-bond donors (Lipinski definition) is 0. The minimum Gasteiger partial charge on any atom is -0.497 e. The maximum absolute atomic E-state index is 6.33. The molecule has 0 unspecified atom stereocenters. The third kappa shape index (κ3) is 7.15. The fourth-order valence-electron chi connectivity index (χ4n) is 2.37. The highest BCUT2D eigenvalue weighted by Gasteiger charge is 2.37. The van der Waals surface area contributed by atoms with Gasteiger partial charge in [-0.05, 0) is 56.1 Å². The lowest BCUT2D eigenvalue weighted by Gasteiger charge is -2.36. The third-order valence-electron chi connectivity index (χ3n) is 5.22. The fraction of sp³-hybridized carbons (Fsp3) is 0.636. The van der Waals surface area contributed by atoms with E-state index in [9.17, 15) is 0 Å². The molecule has 0 N–H and O–H groups in total. The fourth-order valence-corrected chi connectivity index (χ4v) is 3.43. The van der Waals surface area contributed by atoms with Crippen molar-refractivity contribution in [2.24, 2.45) is 5.92 Å². The molecular formula is C22H36O3Si. The van der Waals surface area contributed by atoms with Gasteiger partial charge in [0.05, 0.1) is 19.8 Å². The zero-order valence-electron chi connectivity index (χ0n) is 17.8. The first-order chi connectivity index (χ1) is 12.1. The number of rotatable bonds is 9. The van der Waals surface area contributed by atoms with E-state index >= 15 is 0 Å². The summed E-state index contributed by atoms with van der Waals surface area (Å²) in [6, 6.07) is 8.00. The largest absolute Gasteiger partial charge is 0.497 e. The summed E-state index contributed by atoms with van der Waals surface area (Å²) >= 11 is 0. The number of hydrogen-bond acceptors (Lipinski definition) is 3. The van der Waals surface area contributed by atoms with Crippen molar-refractivity contribution in [1.29, 1.82) is 0 Å². The molecule has 0 aliphatic carbocycles. The van der Waals surface area contributed by atoms with Crippen LogP contribution in [-0.4, -0.2) is 28.1 Å². The molecule has 3 nitrogen and oxygen atoms in total. The van der Waals surface area contributed by atoms with Crippen LogP contribution >= 0.6 is 0 Å². The van der Waals surface area contributed by atoms with Gasteiger partial charge in [0.1, 0.15) is 5.75 Å². The van der Waals surface area contributed by atoms with Crippen LogP contribution in [0.25, 0.3) is 0 Å². The Morgan fingerprint density at radius 2 is 1.73 bits per heavy atom. The van der Waals surface area contributed by atoms with Crippen molar-refractivity contribution in [3.05, 3.63) is 29.8 Å². The Bertz CT molecular complexity index is 591. The quantitative estimate of drug-likeness (QED) is 0.411. The van der Waals surface area contributed by atoms with Crippen molar-refractivity contribution in [2.75, 3.05) is 13.7 Å². The van der Waals surface area contributed by atoms with E-state index in [0.29, 0.717) is 6.61 Å². The van der Waals surface area contributed by atoms with E-state index in [2.05, 4.69) is 52.6 Å². The zero-order chi connectivity index (χ0) is 19.8. The number of methoxy groups -OCH3 is 1. The van der Waals surface area contributed by atoms with Gasteiger partial charge in [0.2, 0.25) is 0 Å². The monoisotopic (exact) mass is 376 g/mol. The van der Waals surface area contributed by atoms with Gasteiger partial charge in [0, 0.05) is 12.5 Å². The SMILES string of the molecule is CC#C[C@@H](C)[C@H](CCO[Si](C)(C)C(C)(C)C)OCc1ccc(OC)cc1. The van der Waals surface area contributed by atoms with Gasteiger partial charge in [-0.25, -0.2) is 0 Å². The summed E-state index contributed by atoms with van der Waals surface area (Å²) in [5.74, 6) is 7.29. The maximum atomic E-state index is 6.33. The molecule has 1 aromatic rings. The summed E-state index contributed by atoms with van der Waals surface area (Å²) in [6.07, 6.45) is 0.924. The highest BCUT2D eigenvalue weighted by Crippen LogP contribution is 2.36. The number of ether oxygens (including phenoxy) is 2. The summed E-state index contributed by atoms with van der Waals surface area (Å²) in [4.78, 5) is 0. The second-order valence-corrected chi connectivity index (χ2v) is 13.1. The summed E-state index contributed by atoms with van der Waals surface area (Å²) < 4.78 is 17.7. The van der Waals surface area contributed by atoms with Gasteiger partial charge in [-0.15, -0.1) is 5.92 Å². The first-order valence-corrected chi connectivity index (χ1v) is 12.3. The lowest BCUT2D eigenvalue weighted by Crippen LogP contribution is -2.41. The third-order valence-corrected chi connectivity index (χ3v) is 9.76. The van der Waals surface area contributed by atoms with Crippen LogP contribution in [0.4, 0.5) is 0 Å². The van der Waals surface area contributed by atoms with Crippen molar-refractivity contribution in [3.8, 4) is 17.6 Å². The van der Waals surface area contributed by atoms with Crippen LogP contribution < -0.4 is 4.74 Å². The molecule has 0 saturated heterocycles. The van der Waals surface area contributed by atoms with E-state index in [1.54, 1.807) is 7.11 Å². The second-order valence-electron chi connectivity index (χ2n) is 8.28. The highest BCUT2D eigenvalue weighted by molar-refractivity contribution is 6.74. The molecule has 146 valence electrons. The highest BCUT2D eigenvalue weighted by atomic mass is 28.4. The van der Waals surface area contributed by atoms with E-state index in [0.717, 1.165) is 24.3 Å². The Morgan fingerprint density at radius 3 is 2.23 bits per heavy atom. The van der Waals surface area contributed by atoms with Crippen molar-refractivity contribution in [2.45, 2.75) is 71.9 Å². The minimum atomic E-state index is -1.73. The van der Waals surface area contributed by atoms with Gasteiger partial charge in [0.15, 0.2) is 8.32 Å². The van der Waals surface area contributed by atoms with Crippen LogP contribution in [0, 0.1) is 17.8 Å². The molecule has 0 saturated carbocycles. The molecule has 26 heavy (non-hydrogen) atoms. The standard InChI is InChI=1S/C22H36O3Si/c1-9-10-18(2)21(15-16-25-26(7,8)22(3,4)5)24-17-19-11-13-20(23-6)14-12-19/h11-14,18,21H,15-17H2,1-8H3/t18-,21+/m1/s1. The van der Waals surface area contributed by atoms with Crippen molar-refractivity contribution < 1.29 is 13.9 Å². The Labute approximate surface area is 161 Å². The van der Waals surface area contributed by atoms with Gasteiger partial charge in [-0.3, -0.25) is 0 Å². The molecule has 0 aliphatic rings. The van der Waals surface area contributed by atoms with Crippen LogP contribution in [0.1, 0.15) is 46.6 Å². The molecule has 0 amide bonds. The normalized spacial score (nSPS) is 14.3. The van der Waals surface area contributed by atoms with Gasteiger partial charge in [-0.2, -0.15) is 0 Å². The zero-order valence-corrected chi connectivity index (χ0v) is 18.8. The van der Waals surface area contributed by atoms with E-state index in [-0.39, 0.29) is 17.1 Å². The average molecular weight is 377 g/mol. The first kappa shape index (κ1) is 22.8. The van der Waals surface area contributed by atoms with E-state index < -0.39 is 8.32 Å². The molecule has 0 heterocycles. The van der Waals surface area contributed by atoms with E-state index in [1.807, 2.05) is 31.2 Å². The Hall–Kier alpha value is -1.28. The molecule has 0 radical (unpaired) electrons. The lowest BCUT2D eigenvalue weighted by atomic mass is 10.0. The molecule has 0 aromatic heterocycles. The smallest absolute Gasteiger partial charge is 0.191 e. The predicted molar refractivity (Wildman–Crippen MR) is 112 cm³/mol. The molecule has 2 atom stereocenters. The Balaban J connectivity index is 2.65. The van der Waals surface area contributed by atoms with E-state index in [1.165, 1.54) is 0 Å². The second kappa shape index (κ2) is 10.2. The summed E-state index contributed by atoms with van der Waals surface area (Å²) in [5.41, 5.74) is 1.14. The molecule has 1 rings (SSSR count). The van der Waals surface area contributed by atoms with Crippen molar-refractivity contribution >= 4 is 8.32 Å². The van der Waals surface area contributed by atoms with E-state index in [4.69, 9.17) is 13.9 Å². The summed E-state index contributed by atoms with van der Waals surface area (Å²) in [6.45, 7) is 16.7. The van der Waals surface area contributed by atoms with Gasteiger partial charge in [-0.1, -0.05) is 38.8 Å². The van der Waals surface area contributed by atoms with Gasteiger partial charge >= 0.3 is 0 Å². The minimum absolute atomic E-state index is 0.0642. The number of benzene rings is 1. The predicted octanol–water partition coefficient (Wildman–Crippen LogP) is 5.65. The van der Waals surface area contributed by atoms with Crippen LogP contribution in [0.5, 0.6) is 5.75 Å². The average Bonchev–Trinajstić information content (AvgIpc) is 2.57. The first-order valence-electron chi connectivity index (χ1n) is 9.41. The molecule has 0 bridgehead atoms. The molecule has 1 aromatic carbocycles. The summed E-state index contributed by atoms with van der Waals surface area (Å²) in [7, 11) is -0.0523. The van der Waals surface area contributed by atoms with Crippen LogP contribution in [0.15, 0.2) is 24.3 Å². The van der Waals surface area contributed by atoms with Crippen LogP contribution in [0.3, 0.4) is 0 Å². The molecule has 0 aliphatic heterocycles. The van der Waals surface area contributed by atoms with Gasteiger partial charge < -0.3 is 13.9 Å². The van der Waals surface area contributed by atoms with Crippen LogP contribution in [-0.2, 0) is 15.8 Å². The Kier molecular flexibility index (Phi) is 8.89. The lowest BCUT2D eigenvalue weighted by molar-refractivity contribution is 0.00590. The van der Waals surface area contributed by atoms with Crippen molar-refractivity contribution in [1.82, 2.24) is 0 Å². The topological polar surface area (TPSA) is 27.7 Å². The Morgan fingerprint density at radius 1 is 1.12 bits per heavy atom. The molecular weight excluding hydrogens is 340 g/mol. The molecule has 0 spiro atoms. The maximum Gasteiger partial charge on any atom is 0.191 e. The summed E-state index contributed by atoms with van der Waals surface area (Å²) in [5, 5.41) is 0.224. The molecule has 0 fully saturated rings. The van der Waals surface area contributed by atoms with Gasteiger partial charge in [0.25, 0.3) is 0 Å². The molecule has 4 heteroatoms. The van der Waals surface area contributed by atoms with Crippen LogP contribution in [0.2, 0.25) is 18.1 Å². The van der Waals surface area contributed by atoms with Crippen molar-refractivity contribution in [3.63, 3.8) is 0 Å².